The molecule has 2 rings (SSSR count). The Morgan fingerprint density at radius 2 is 1.37 bits per heavy atom. The maximum atomic E-state index is 13.3. The largest absolute Gasteiger partial charge is 0.384 e. The molecule has 2 aromatic carbocycles. The Kier molecular flexibility index (Phi) is 3.67. The summed E-state index contributed by atoms with van der Waals surface area (Å²) < 4.78 is 26.4. The average Bonchev–Trinajstić information content (AvgIpc) is 2.26. The third kappa shape index (κ3) is 2.66. The van der Waals surface area contributed by atoms with Crippen LogP contribution in [0.5, 0.6) is 0 Å². The number of rotatable bonds is 2. The number of aliphatic hydroxyl groups is 1. The van der Waals surface area contributed by atoms with E-state index < -0.39 is 6.10 Å². The van der Waals surface area contributed by atoms with Crippen molar-refractivity contribution >= 4 is 0 Å². The standard InChI is InChI=1S/C16H16F2O/c1-9-6-12(17)4-5-14(9)16(19)15-10(2)7-13(18)8-11(15)3/h4-8,16,19H,1-3H3. The Hall–Kier alpha value is -1.74. The van der Waals surface area contributed by atoms with Gasteiger partial charge >= 0.3 is 0 Å². The Balaban J connectivity index is 2.53. The maximum absolute atomic E-state index is 13.3. The lowest BCUT2D eigenvalue weighted by Gasteiger charge is -2.19. The van der Waals surface area contributed by atoms with E-state index in [4.69, 9.17) is 0 Å². The van der Waals surface area contributed by atoms with Crippen molar-refractivity contribution in [2.24, 2.45) is 0 Å². The highest BCUT2D eigenvalue weighted by atomic mass is 19.1. The summed E-state index contributed by atoms with van der Waals surface area (Å²) in [5.74, 6) is -0.650. The minimum atomic E-state index is -0.874. The molecule has 0 aliphatic heterocycles. The molecule has 100 valence electrons. The van der Waals surface area contributed by atoms with Gasteiger partial charge in [0.15, 0.2) is 0 Å². The molecule has 2 aromatic rings. The van der Waals surface area contributed by atoms with Crippen molar-refractivity contribution in [2.45, 2.75) is 26.9 Å². The molecule has 0 fully saturated rings. The molecule has 0 heterocycles. The van der Waals surface area contributed by atoms with Crippen LogP contribution in [0.25, 0.3) is 0 Å². The van der Waals surface area contributed by atoms with E-state index in [1.165, 1.54) is 24.3 Å². The van der Waals surface area contributed by atoms with Crippen molar-refractivity contribution in [1.82, 2.24) is 0 Å². The monoisotopic (exact) mass is 262 g/mol. The summed E-state index contributed by atoms with van der Waals surface area (Å²) in [6.45, 7) is 5.26. The van der Waals surface area contributed by atoms with Crippen molar-refractivity contribution < 1.29 is 13.9 Å². The molecular formula is C16H16F2O. The highest BCUT2D eigenvalue weighted by Gasteiger charge is 2.18. The average molecular weight is 262 g/mol. The molecule has 19 heavy (non-hydrogen) atoms. The van der Waals surface area contributed by atoms with Crippen LogP contribution in [0.4, 0.5) is 8.78 Å². The number of hydrogen-bond donors (Lipinski definition) is 1. The summed E-state index contributed by atoms with van der Waals surface area (Å²) in [5.41, 5.74) is 3.37. The van der Waals surface area contributed by atoms with Gasteiger partial charge in [0.25, 0.3) is 0 Å². The van der Waals surface area contributed by atoms with E-state index in [-0.39, 0.29) is 11.6 Å². The first-order valence-corrected chi connectivity index (χ1v) is 6.11. The molecule has 0 bridgehead atoms. The topological polar surface area (TPSA) is 20.2 Å². The highest BCUT2D eigenvalue weighted by Crippen LogP contribution is 2.30. The number of hydrogen-bond acceptors (Lipinski definition) is 1. The van der Waals surface area contributed by atoms with Crippen molar-refractivity contribution in [3.63, 3.8) is 0 Å². The van der Waals surface area contributed by atoms with E-state index in [2.05, 4.69) is 0 Å². The lowest BCUT2D eigenvalue weighted by Crippen LogP contribution is -2.07. The van der Waals surface area contributed by atoms with Crippen LogP contribution >= 0.6 is 0 Å². The first-order chi connectivity index (χ1) is 8.90. The second kappa shape index (κ2) is 5.10. The van der Waals surface area contributed by atoms with Gasteiger partial charge in [0, 0.05) is 0 Å². The molecule has 0 radical (unpaired) electrons. The van der Waals surface area contributed by atoms with Gasteiger partial charge in [-0.1, -0.05) is 6.07 Å². The molecule has 0 amide bonds. The lowest BCUT2D eigenvalue weighted by atomic mass is 9.91. The van der Waals surface area contributed by atoms with Crippen molar-refractivity contribution in [3.05, 3.63) is 69.8 Å². The molecule has 0 aliphatic rings. The summed E-state index contributed by atoms with van der Waals surface area (Å²) in [5, 5.41) is 10.5. The van der Waals surface area contributed by atoms with Crippen LogP contribution in [0, 0.1) is 32.4 Å². The van der Waals surface area contributed by atoms with E-state index in [1.807, 2.05) is 0 Å². The smallest absolute Gasteiger partial charge is 0.123 e. The van der Waals surface area contributed by atoms with E-state index >= 15 is 0 Å². The third-order valence-corrected chi connectivity index (χ3v) is 3.36. The number of aliphatic hydroxyl groups excluding tert-OH is 1. The minimum absolute atomic E-state index is 0.318. The van der Waals surface area contributed by atoms with Crippen molar-refractivity contribution in [1.29, 1.82) is 0 Å². The predicted octanol–water partition coefficient (Wildman–Crippen LogP) is 3.97. The van der Waals surface area contributed by atoms with Gasteiger partial charge in [0.05, 0.1) is 0 Å². The third-order valence-electron chi connectivity index (χ3n) is 3.36. The van der Waals surface area contributed by atoms with Crippen LogP contribution in [-0.4, -0.2) is 5.11 Å². The van der Waals surface area contributed by atoms with Crippen LogP contribution < -0.4 is 0 Å². The van der Waals surface area contributed by atoms with Gasteiger partial charge in [-0.2, -0.15) is 0 Å². The van der Waals surface area contributed by atoms with Gasteiger partial charge in [-0.15, -0.1) is 0 Å². The Labute approximate surface area is 111 Å². The van der Waals surface area contributed by atoms with Crippen LogP contribution in [0.15, 0.2) is 30.3 Å². The van der Waals surface area contributed by atoms with Crippen LogP contribution in [0.3, 0.4) is 0 Å². The zero-order chi connectivity index (χ0) is 14.2. The minimum Gasteiger partial charge on any atom is -0.384 e. The zero-order valence-corrected chi connectivity index (χ0v) is 11.2. The first kappa shape index (κ1) is 13.7. The summed E-state index contributed by atoms with van der Waals surface area (Å²) in [6.07, 6.45) is -0.874. The fourth-order valence-electron chi connectivity index (χ4n) is 2.45. The molecular weight excluding hydrogens is 246 g/mol. The van der Waals surface area contributed by atoms with E-state index in [1.54, 1.807) is 26.8 Å². The maximum Gasteiger partial charge on any atom is 0.123 e. The van der Waals surface area contributed by atoms with Gasteiger partial charge in [0.1, 0.15) is 17.7 Å². The fraction of sp³-hybridized carbons (Fsp3) is 0.250. The fourth-order valence-corrected chi connectivity index (χ4v) is 2.45. The molecule has 3 heteroatoms. The van der Waals surface area contributed by atoms with Crippen LogP contribution in [0.2, 0.25) is 0 Å². The summed E-state index contributed by atoms with van der Waals surface area (Å²) in [6, 6.07) is 7.05. The second-order valence-electron chi connectivity index (χ2n) is 4.86. The van der Waals surface area contributed by atoms with E-state index in [0.29, 0.717) is 27.8 Å². The number of aryl methyl sites for hydroxylation is 3. The Morgan fingerprint density at radius 1 is 0.842 bits per heavy atom. The Bertz CT molecular complexity index is 597. The second-order valence-corrected chi connectivity index (χ2v) is 4.86. The Morgan fingerprint density at radius 3 is 1.89 bits per heavy atom. The summed E-state index contributed by atoms with van der Waals surface area (Å²) in [4.78, 5) is 0. The van der Waals surface area contributed by atoms with Crippen LogP contribution in [0.1, 0.15) is 33.9 Å². The van der Waals surface area contributed by atoms with E-state index in [9.17, 15) is 13.9 Å². The lowest BCUT2D eigenvalue weighted by molar-refractivity contribution is 0.217. The van der Waals surface area contributed by atoms with Crippen molar-refractivity contribution in [2.75, 3.05) is 0 Å². The summed E-state index contributed by atoms with van der Waals surface area (Å²) in [7, 11) is 0. The quantitative estimate of drug-likeness (QED) is 0.868. The molecule has 0 saturated carbocycles. The number of benzene rings is 2. The molecule has 0 aliphatic carbocycles. The van der Waals surface area contributed by atoms with Crippen LogP contribution in [-0.2, 0) is 0 Å². The molecule has 1 N–H and O–H groups in total. The zero-order valence-electron chi connectivity index (χ0n) is 11.2. The molecule has 0 spiro atoms. The number of halogens is 2. The first-order valence-electron chi connectivity index (χ1n) is 6.11. The summed E-state index contributed by atoms with van der Waals surface area (Å²) >= 11 is 0. The highest BCUT2D eigenvalue weighted by molar-refractivity contribution is 5.43. The van der Waals surface area contributed by atoms with Gasteiger partial charge in [-0.05, 0) is 72.9 Å². The van der Waals surface area contributed by atoms with Gasteiger partial charge in [0.2, 0.25) is 0 Å². The molecule has 1 unspecified atom stereocenters. The van der Waals surface area contributed by atoms with Crippen molar-refractivity contribution in [3.8, 4) is 0 Å². The molecule has 1 nitrogen and oxygen atoms in total. The van der Waals surface area contributed by atoms with Gasteiger partial charge in [-0.3, -0.25) is 0 Å². The SMILES string of the molecule is Cc1cc(F)ccc1C(O)c1c(C)cc(F)cc1C. The molecule has 1 atom stereocenters. The van der Waals surface area contributed by atoms with Gasteiger partial charge < -0.3 is 5.11 Å². The molecule has 0 aromatic heterocycles. The predicted molar refractivity (Wildman–Crippen MR) is 71.1 cm³/mol. The normalized spacial score (nSPS) is 12.5. The van der Waals surface area contributed by atoms with E-state index in [0.717, 1.165) is 0 Å². The molecule has 0 saturated heterocycles. The van der Waals surface area contributed by atoms with Gasteiger partial charge in [-0.25, -0.2) is 8.78 Å².